The van der Waals surface area contributed by atoms with Crippen molar-refractivity contribution in [3.63, 3.8) is 0 Å². The Bertz CT molecular complexity index is 804. The van der Waals surface area contributed by atoms with Gasteiger partial charge in [-0.25, -0.2) is 0 Å². The molecule has 0 aliphatic carbocycles. The van der Waals surface area contributed by atoms with Gasteiger partial charge >= 0.3 is 0 Å². The van der Waals surface area contributed by atoms with E-state index in [9.17, 15) is 4.79 Å². The summed E-state index contributed by atoms with van der Waals surface area (Å²) in [5, 5.41) is 2.90. The minimum Gasteiger partial charge on any atom is -0.494 e. The molecule has 1 amide bonds. The van der Waals surface area contributed by atoms with Crippen LogP contribution in [0, 0.1) is 6.92 Å². The summed E-state index contributed by atoms with van der Waals surface area (Å²) in [6.07, 6.45) is 1.17. The number of benzene rings is 2. The molecule has 1 aliphatic heterocycles. The molecule has 5 nitrogen and oxygen atoms in total. The van der Waals surface area contributed by atoms with Crippen molar-refractivity contribution in [1.29, 1.82) is 0 Å². The van der Waals surface area contributed by atoms with Gasteiger partial charge in [0.15, 0.2) is 0 Å². The number of carbonyl (C=O) groups excluding carboxylic acids is 1. The number of nitrogens with one attached hydrogen (secondary N) is 1. The van der Waals surface area contributed by atoms with E-state index in [-0.39, 0.29) is 18.1 Å². The zero-order chi connectivity index (χ0) is 20.1. The molecule has 1 unspecified atom stereocenters. The van der Waals surface area contributed by atoms with Gasteiger partial charge in [0.25, 0.3) is 0 Å². The number of hydrogen-bond donors (Lipinski definition) is 1. The molecule has 1 fully saturated rings. The Hall–Kier alpha value is -2.69. The Balaban J connectivity index is 1.58. The summed E-state index contributed by atoms with van der Waals surface area (Å²) < 4.78 is 11.8. The third kappa shape index (κ3) is 4.97. The largest absolute Gasteiger partial charge is 0.494 e. The number of ether oxygens (including phenoxy) is 2. The van der Waals surface area contributed by atoms with Gasteiger partial charge in [-0.05, 0) is 62.2 Å². The second-order valence-corrected chi connectivity index (χ2v) is 7.35. The number of aryl methyl sites for hydroxylation is 1. The van der Waals surface area contributed by atoms with Crippen molar-refractivity contribution in [1.82, 2.24) is 5.32 Å². The van der Waals surface area contributed by atoms with Crippen LogP contribution in [0.25, 0.3) is 0 Å². The average molecular weight is 383 g/mol. The van der Waals surface area contributed by atoms with Crippen molar-refractivity contribution in [3.05, 3.63) is 53.6 Å². The Morgan fingerprint density at radius 2 is 1.93 bits per heavy atom. The summed E-state index contributed by atoms with van der Waals surface area (Å²) in [5.74, 6) is 1.77. The van der Waals surface area contributed by atoms with Crippen LogP contribution < -0.4 is 19.7 Å². The predicted octanol–water partition coefficient (Wildman–Crippen LogP) is 4.25. The van der Waals surface area contributed by atoms with Gasteiger partial charge in [-0.15, -0.1) is 0 Å². The molecular weight excluding hydrogens is 352 g/mol. The van der Waals surface area contributed by atoms with Crippen LogP contribution in [0.2, 0.25) is 0 Å². The maximum absolute atomic E-state index is 11.2. The van der Waals surface area contributed by atoms with E-state index in [1.807, 2.05) is 44.2 Å². The van der Waals surface area contributed by atoms with E-state index in [1.54, 1.807) is 0 Å². The monoisotopic (exact) mass is 382 g/mol. The molecule has 3 rings (SSSR count). The van der Waals surface area contributed by atoms with Gasteiger partial charge in [-0.3, -0.25) is 4.79 Å². The van der Waals surface area contributed by atoms with Crippen LogP contribution in [0.15, 0.2) is 42.5 Å². The average Bonchev–Trinajstić information content (AvgIpc) is 3.10. The fraction of sp³-hybridized carbons (Fsp3) is 0.435. The first kappa shape index (κ1) is 20.1. The lowest BCUT2D eigenvalue weighted by molar-refractivity contribution is -0.119. The number of carbonyl (C=O) groups is 1. The molecule has 2 atom stereocenters. The molecule has 1 saturated heterocycles. The van der Waals surface area contributed by atoms with Gasteiger partial charge in [-0.1, -0.05) is 12.1 Å². The van der Waals surface area contributed by atoms with Crippen molar-refractivity contribution in [3.8, 4) is 11.5 Å². The van der Waals surface area contributed by atoms with Crippen molar-refractivity contribution < 1.29 is 14.3 Å². The first-order valence-corrected chi connectivity index (χ1v) is 9.98. The number of nitrogens with zero attached hydrogens (tertiary/aromatic N) is 1. The highest BCUT2D eigenvalue weighted by Gasteiger charge is 2.25. The number of anilines is 1. The summed E-state index contributed by atoms with van der Waals surface area (Å²) in [7, 11) is 0. The van der Waals surface area contributed by atoms with E-state index in [1.165, 1.54) is 18.2 Å². The molecule has 28 heavy (non-hydrogen) atoms. The van der Waals surface area contributed by atoms with Gasteiger partial charge < -0.3 is 19.7 Å². The Kier molecular flexibility index (Phi) is 6.45. The summed E-state index contributed by atoms with van der Waals surface area (Å²) in [4.78, 5) is 13.6. The molecule has 1 heterocycles. The van der Waals surface area contributed by atoms with Crippen LogP contribution in [0.1, 0.15) is 44.4 Å². The van der Waals surface area contributed by atoms with Gasteiger partial charge in [0.05, 0.1) is 19.2 Å². The zero-order valence-electron chi connectivity index (χ0n) is 17.2. The first-order chi connectivity index (χ1) is 13.5. The standard InChI is InChI=1S/C23H30N2O3/c1-5-27-21-10-11-23(16(2)14-21)25-13-12-22(15-25)28-20-8-6-19(7-9-20)17(3)24-18(4)26/h6-11,14,17,22H,5,12-13,15H2,1-4H3,(H,24,26)/t17-,22?/m0/s1. The van der Waals surface area contributed by atoms with Crippen LogP contribution in [-0.4, -0.2) is 31.7 Å². The van der Waals surface area contributed by atoms with Crippen LogP contribution in [0.3, 0.4) is 0 Å². The van der Waals surface area contributed by atoms with Crippen LogP contribution in [0.5, 0.6) is 11.5 Å². The third-order valence-electron chi connectivity index (χ3n) is 5.07. The zero-order valence-corrected chi connectivity index (χ0v) is 17.2. The third-order valence-corrected chi connectivity index (χ3v) is 5.07. The topological polar surface area (TPSA) is 50.8 Å². The van der Waals surface area contributed by atoms with Crippen molar-refractivity contribution in [2.45, 2.75) is 46.3 Å². The second-order valence-electron chi connectivity index (χ2n) is 7.35. The minimum atomic E-state index is -0.0246. The number of rotatable bonds is 7. The summed E-state index contributed by atoms with van der Waals surface area (Å²) in [6.45, 7) is 10.2. The quantitative estimate of drug-likeness (QED) is 0.778. The molecule has 0 saturated carbocycles. The summed E-state index contributed by atoms with van der Waals surface area (Å²) in [5.41, 5.74) is 3.54. The Labute approximate surface area is 167 Å². The Morgan fingerprint density at radius 1 is 1.21 bits per heavy atom. The van der Waals surface area contributed by atoms with E-state index in [0.29, 0.717) is 6.61 Å². The van der Waals surface area contributed by atoms with Crippen molar-refractivity contribution >= 4 is 11.6 Å². The van der Waals surface area contributed by atoms with Crippen LogP contribution >= 0.6 is 0 Å². The molecule has 0 aromatic heterocycles. The first-order valence-electron chi connectivity index (χ1n) is 9.98. The molecule has 2 aromatic rings. The van der Waals surface area contributed by atoms with Gasteiger partial charge in [0.1, 0.15) is 17.6 Å². The maximum atomic E-state index is 11.2. The minimum absolute atomic E-state index is 0.00356. The lowest BCUT2D eigenvalue weighted by Crippen LogP contribution is -2.25. The highest BCUT2D eigenvalue weighted by Crippen LogP contribution is 2.29. The molecule has 0 bridgehead atoms. The van der Waals surface area contributed by atoms with Crippen molar-refractivity contribution in [2.24, 2.45) is 0 Å². The number of hydrogen-bond acceptors (Lipinski definition) is 4. The molecule has 1 N–H and O–H groups in total. The molecular formula is C23H30N2O3. The fourth-order valence-corrected chi connectivity index (χ4v) is 3.70. The van der Waals surface area contributed by atoms with Crippen LogP contribution in [-0.2, 0) is 4.79 Å². The predicted molar refractivity (Wildman–Crippen MR) is 112 cm³/mol. The molecule has 150 valence electrons. The van der Waals surface area contributed by atoms with Gasteiger partial charge in [-0.2, -0.15) is 0 Å². The Morgan fingerprint density at radius 3 is 2.57 bits per heavy atom. The molecule has 5 heteroatoms. The molecule has 0 radical (unpaired) electrons. The highest BCUT2D eigenvalue weighted by molar-refractivity contribution is 5.73. The highest BCUT2D eigenvalue weighted by atomic mass is 16.5. The normalized spacial score (nSPS) is 17.3. The van der Waals surface area contributed by atoms with Gasteiger partial charge in [0, 0.05) is 25.6 Å². The van der Waals surface area contributed by atoms with Crippen LogP contribution in [0.4, 0.5) is 5.69 Å². The second kappa shape index (κ2) is 9.00. The van der Waals surface area contributed by atoms with Crippen molar-refractivity contribution in [2.75, 3.05) is 24.6 Å². The molecule has 1 aliphatic rings. The van der Waals surface area contributed by atoms with E-state index in [2.05, 4.69) is 29.3 Å². The SMILES string of the molecule is CCOc1ccc(N2CCC(Oc3ccc([C@H](C)NC(C)=O)cc3)C2)c(C)c1. The van der Waals surface area contributed by atoms with E-state index in [4.69, 9.17) is 9.47 Å². The van der Waals surface area contributed by atoms with E-state index >= 15 is 0 Å². The molecule has 2 aromatic carbocycles. The maximum Gasteiger partial charge on any atom is 0.217 e. The van der Waals surface area contributed by atoms with Gasteiger partial charge in [0.2, 0.25) is 5.91 Å². The smallest absolute Gasteiger partial charge is 0.217 e. The van der Waals surface area contributed by atoms with E-state index < -0.39 is 0 Å². The fourth-order valence-electron chi connectivity index (χ4n) is 3.70. The lowest BCUT2D eigenvalue weighted by Gasteiger charge is -2.22. The van der Waals surface area contributed by atoms with E-state index in [0.717, 1.165) is 36.6 Å². The molecule has 0 spiro atoms. The lowest BCUT2D eigenvalue weighted by atomic mass is 10.1. The summed E-state index contributed by atoms with van der Waals surface area (Å²) in [6, 6.07) is 14.3. The summed E-state index contributed by atoms with van der Waals surface area (Å²) >= 11 is 0. The number of amides is 1.